The van der Waals surface area contributed by atoms with Crippen LogP contribution < -0.4 is 21.1 Å². The van der Waals surface area contributed by atoms with Gasteiger partial charge in [0.05, 0.1) is 12.6 Å². The topological polar surface area (TPSA) is 111 Å². The van der Waals surface area contributed by atoms with E-state index >= 15 is 0 Å². The maximum absolute atomic E-state index is 12.2. The molecule has 7 heteroatoms. The van der Waals surface area contributed by atoms with Gasteiger partial charge in [0, 0.05) is 16.8 Å². The average molecular weight is 369 g/mol. The quantitative estimate of drug-likeness (QED) is 0.552. The van der Waals surface area contributed by atoms with Gasteiger partial charge in [-0.15, -0.1) is 0 Å². The number of carbonyl (C=O) groups excluding carboxylic acids is 3. The zero-order valence-electron chi connectivity index (χ0n) is 15.5. The molecule has 142 valence electrons. The lowest BCUT2D eigenvalue weighted by Crippen LogP contribution is -2.43. The first kappa shape index (κ1) is 20.0. The fourth-order valence-electron chi connectivity index (χ4n) is 2.50. The minimum atomic E-state index is -1.03. The van der Waals surface area contributed by atoms with Crippen molar-refractivity contribution in [3.63, 3.8) is 0 Å². The molecule has 3 amide bonds. The first-order valence-electron chi connectivity index (χ1n) is 8.57. The maximum Gasteiger partial charge on any atom is 0.316 e. The number of benzene rings is 2. The number of aryl methyl sites for hydroxylation is 1. The van der Waals surface area contributed by atoms with E-state index in [1.54, 1.807) is 6.92 Å². The van der Waals surface area contributed by atoms with Gasteiger partial charge in [-0.05, 0) is 51.1 Å². The molecule has 0 aromatic heterocycles. The van der Waals surface area contributed by atoms with Crippen LogP contribution in [-0.2, 0) is 9.59 Å². The minimum Gasteiger partial charge on any atom is -0.494 e. The van der Waals surface area contributed by atoms with Crippen molar-refractivity contribution >= 4 is 23.4 Å². The summed E-state index contributed by atoms with van der Waals surface area (Å²) >= 11 is 0. The number of nitrogens with two attached hydrogens (primary N) is 1. The van der Waals surface area contributed by atoms with Crippen molar-refractivity contribution in [1.82, 2.24) is 10.6 Å². The van der Waals surface area contributed by atoms with Crippen molar-refractivity contribution < 1.29 is 19.1 Å². The molecule has 0 fully saturated rings. The molecule has 0 aliphatic heterocycles. The highest BCUT2D eigenvalue weighted by atomic mass is 16.5. The molecular weight excluding hydrogens is 346 g/mol. The van der Waals surface area contributed by atoms with Crippen LogP contribution in [0.25, 0.3) is 0 Å². The van der Waals surface area contributed by atoms with Gasteiger partial charge in [-0.2, -0.15) is 0 Å². The van der Waals surface area contributed by atoms with Crippen LogP contribution in [0.4, 0.5) is 5.69 Å². The third-order valence-corrected chi connectivity index (χ3v) is 3.89. The number of nitrogens with one attached hydrogen (secondary N) is 2. The van der Waals surface area contributed by atoms with E-state index in [4.69, 9.17) is 10.5 Å². The number of hydrogen-bond donors (Lipinski definition) is 3. The van der Waals surface area contributed by atoms with Crippen LogP contribution in [0.5, 0.6) is 5.75 Å². The summed E-state index contributed by atoms with van der Waals surface area (Å²) in [7, 11) is 0. The second kappa shape index (κ2) is 8.84. The lowest BCUT2D eigenvalue weighted by molar-refractivity contribution is -0.139. The monoisotopic (exact) mass is 369 g/mol. The summed E-state index contributed by atoms with van der Waals surface area (Å²) in [5.41, 5.74) is 8.03. The molecule has 27 heavy (non-hydrogen) atoms. The predicted octanol–water partition coefficient (Wildman–Crippen LogP) is 2.11. The van der Waals surface area contributed by atoms with Gasteiger partial charge in [0.15, 0.2) is 0 Å². The Hall–Kier alpha value is -3.35. The average Bonchev–Trinajstić information content (AvgIpc) is 2.63. The second-order valence-corrected chi connectivity index (χ2v) is 6.07. The molecule has 0 saturated carbocycles. The van der Waals surface area contributed by atoms with Crippen LogP contribution in [-0.4, -0.2) is 24.3 Å². The van der Waals surface area contributed by atoms with E-state index in [0.717, 1.165) is 11.1 Å². The van der Waals surface area contributed by atoms with E-state index in [9.17, 15) is 14.4 Å². The standard InChI is InChI=1S/C20H23N3O4/c1-4-27-17-10-5-12(2)11-16(17)13(3)22-19(25)20(26)23-18(24)14-6-8-15(21)9-7-14/h5-11,13H,4,21H2,1-3H3,(H,22,25)(H,23,24,26). The molecule has 2 aromatic carbocycles. The molecular formula is C20H23N3O4. The summed E-state index contributed by atoms with van der Waals surface area (Å²) < 4.78 is 5.57. The van der Waals surface area contributed by atoms with Gasteiger partial charge < -0.3 is 15.8 Å². The number of amides is 3. The highest BCUT2D eigenvalue weighted by Crippen LogP contribution is 2.26. The molecule has 2 rings (SSSR count). The maximum atomic E-state index is 12.2. The van der Waals surface area contributed by atoms with E-state index in [1.165, 1.54) is 24.3 Å². The van der Waals surface area contributed by atoms with Crippen LogP contribution in [0.15, 0.2) is 42.5 Å². The Morgan fingerprint density at radius 1 is 1.07 bits per heavy atom. The van der Waals surface area contributed by atoms with E-state index in [1.807, 2.05) is 32.0 Å². The van der Waals surface area contributed by atoms with Gasteiger partial charge in [-0.3, -0.25) is 19.7 Å². The predicted molar refractivity (Wildman–Crippen MR) is 102 cm³/mol. The lowest BCUT2D eigenvalue weighted by atomic mass is 10.0. The number of rotatable bonds is 5. The lowest BCUT2D eigenvalue weighted by Gasteiger charge is -2.18. The smallest absolute Gasteiger partial charge is 0.316 e. The van der Waals surface area contributed by atoms with Crippen molar-refractivity contribution in [3.05, 3.63) is 59.2 Å². The highest BCUT2D eigenvalue weighted by molar-refractivity contribution is 6.38. The molecule has 2 aromatic rings. The molecule has 0 radical (unpaired) electrons. The summed E-state index contributed by atoms with van der Waals surface area (Å²) in [6.07, 6.45) is 0. The molecule has 7 nitrogen and oxygen atoms in total. The molecule has 0 bridgehead atoms. The third kappa shape index (κ3) is 5.31. The number of nitrogen functional groups attached to an aromatic ring is 1. The van der Waals surface area contributed by atoms with Gasteiger partial charge in [0.2, 0.25) is 0 Å². The largest absolute Gasteiger partial charge is 0.494 e. The summed E-state index contributed by atoms with van der Waals surface area (Å²) in [6.45, 7) is 6.01. The molecule has 1 atom stereocenters. The van der Waals surface area contributed by atoms with E-state index in [0.29, 0.717) is 18.0 Å². The normalized spacial score (nSPS) is 11.4. The number of anilines is 1. The number of hydrogen-bond acceptors (Lipinski definition) is 5. The van der Waals surface area contributed by atoms with Gasteiger partial charge in [-0.25, -0.2) is 0 Å². The molecule has 0 aliphatic carbocycles. The Balaban J connectivity index is 2.03. The van der Waals surface area contributed by atoms with Crippen molar-refractivity contribution in [3.8, 4) is 5.75 Å². The van der Waals surface area contributed by atoms with Crippen LogP contribution in [0, 0.1) is 6.92 Å². The minimum absolute atomic E-state index is 0.232. The number of ether oxygens (including phenoxy) is 1. The Bertz CT molecular complexity index is 847. The number of imide groups is 1. The highest BCUT2D eigenvalue weighted by Gasteiger charge is 2.21. The number of carbonyl (C=O) groups is 3. The van der Waals surface area contributed by atoms with Gasteiger partial charge in [-0.1, -0.05) is 17.7 Å². The van der Waals surface area contributed by atoms with Crippen molar-refractivity contribution in [2.75, 3.05) is 12.3 Å². The summed E-state index contributed by atoms with van der Waals surface area (Å²) in [4.78, 5) is 36.2. The second-order valence-electron chi connectivity index (χ2n) is 6.07. The van der Waals surface area contributed by atoms with Crippen molar-refractivity contribution in [2.24, 2.45) is 0 Å². The Labute approximate surface area is 157 Å². The fraction of sp³-hybridized carbons (Fsp3) is 0.250. The van der Waals surface area contributed by atoms with Crippen molar-refractivity contribution in [2.45, 2.75) is 26.8 Å². The van der Waals surface area contributed by atoms with E-state index in [2.05, 4.69) is 10.6 Å². The molecule has 0 aliphatic rings. The SMILES string of the molecule is CCOc1ccc(C)cc1C(C)NC(=O)C(=O)NC(=O)c1ccc(N)cc1. The summed E-state index contributed by atoms with van der Waals surface area (Å²) in [6, 6.07) is 11.1. The zero-order chi connectivity index (χ0) is 20.0. The van der Waals surface area contributed by atoms with Gasteiger partial charge in [0.1, 0.15) is 5.75 Å². The van der Waals surface area contributed by atoms with E-state index in [-0.39, 0.29) is 5.56 Å². The van der Waals surface area contributed by atoms with Crippen LogP contribution in [0.2, 0.25) is 0 Å². The zero-order valence-corrected chi connectivity index (χ0v) is 15.5. The van der Waals surface area contributed by atoms with E-state index < -0.39 is 23.8 Å². The summed E-state index contributed by atoms with van der Waals surface area (Å²) in [5.74, 6) is -1.98. The first-order chi connectivity index (χ1) is 12.8. The molecule has 0 heterocycles. The summed E-state index contributed by atoms with van der Waals surface area (Å²) in [5, 5.41) is 4.65. The molecule has 1 unspecified atom stereocenters. The fourth-order valence-corrected chi connectivity index (χ4v) is 2.50. The third-order valence-electron chi connectivity index (χ3n) is 3.89. The van der Waals surface area contributed by atoms with Gasteiger partial charge >= 0.3 is 11.8 Å². The molecule has 4 N–H and O–H groups in total. The van der Waals surface area contributed by atoms with Crippen molar-refractivity contribution in [1.29, 1.82) is 0 Å². The van der Waals surface area contributed by atoms with Crippen LogP contribution in [0.3, 0.4) is 0 Å². The Morgan fingerprint density at radius 3 is 2.37 bits per heavy atom. The molecule has 0 saturated heterocycles. The van der Waals surface area contributed by atoms with Crippen LogP contribution in [0.1, 0.15) is 41.4 Å². The Morgan fingerprint density at radius 2 is 1.74 bits per heavy atom. The van der Waals surface area contributed by atoms with Gasteiger partial charge in [0.25, 0.3) is 5.91 Å². The first-order valence-corrected chi connectivity index (χ1v) is 8.57. The van der Waals surface area contributed by atoms with Crippen LogP contribution >= 0.6 is 0 Å². The molecule has 0 spiro atoms. The Kier molecular flexibility index (Phi) is 6.54.